The molecule has 0 radical (unpaired) electrons. The van der Waals surface area contributed by atoms with Gasteiger partial charge in [-0.2, -0.15) is 0 Å². The predicted molar refractivity (Wildman–Crippen MR) is 75.9 cm³/mol. The molecular formula is C14H24N4. The molecule has 0 atom stereocenters. The van der Waals surface area contributed by atoms with Crippen LogP contribution >= 0.6 is 0 Å². The fraction of sp³-hybridized carbons (Fsp3) is 0.643. The van der Waals surface area contributed by atoms with Gasteiger partial charge in [-0.15, -0.1) is 0 Å². The third kappa shape index (κ3) is 3.96. The zero-order valence-electron chi connectivity index (χ0n) is 11.7. The van der Waals surface area contributed by atoms with E-state index in [-0.39, 0.29) is 0 Å². The average molecular weight is 248 g/mol. The minimum Gasteiger partial charge on any atom is -0.358 e. The summed E-state index contributed by atoms with van der Waals surface area (Å²) in [6.45, 7) is 2.98. The fourth-order valence-corrected chi connectivity index (χ4v) is 1.91. The Morgan fingerprint density at radius 3 is 2.72 bits per heavy atom. The molecule has 1 aliphatic rings. The molecule has 0 unspecified atom stereocenters. The molecule has 4 nitrogen and oxygen atoms in total. The fourth-order valence-electron chi connectivity index (χ4n) is 1.91. The van der Waals surface area contributed by atoms with Gasteiger partial charge in [-0.1, -0.05) is 6.07 Å². The first-order chi connectivity index (χ1) is 8.66. The summed E-state index contributed by atoms with van der Waals surface area (Å²) in [5.74, 6) is 1.10. The summed E-state index contributed by atoms with van der Waals surface area (Å²) in [5.41, 5.74) is 1.30. The molecule has 0 spiro atoms. The number of hydrogen-bond acceptors (Lipinski definition) is 4. The molecule has 1 N–H and O–H groups in total. The highest BCUT2D eigenvalue weighted by molar-refractivity contribution is 5.45. The summed E-state index contributed by atoms with van der Waals surface area (Å²) in [4.78, 5) is 8.96. The molecular weight excluding hydrogens is 224 g/mol. The maximum absolute atomic E-state index is 4.52. The van der Waals surface area contributed by atoms with Crippen LogP contribution in [0.15, 0.2) is 18.3 Å². The van der Waals surface area contributed by atoms with E-state index in [0.29, 0.717) is 0 Å². The lowest BCUT2D eigenvalue weighted by molar-refractivity contribution is 0.416. The Balaban J connectivity index is 1.95. The quantitative estimate of drug-likeness (QED) is 0.789. The van der Waals surface area contributed by atoms with E-state index < -0.39 is 0 Å². The Morgan fingerprint density at radius 1 is 1.28 bits per heavy atom. The van der Waals surface area contributed by atoms with E-state index in [4.69, 9.17) is 0 Å². The van der Waals surface area contributed by atoms with Gasteiger partial charge in [0.1, 0.15) is 5.82 Å². The van der Waals surface area contributed by atoms with Crippen molar-refractivity contribution < 1.29 is 0 Å². The van der Waals surface area contributed by atoms with Gasteiger partial charge in [0.05, 0.1) is 0 Å². The monoisotopic (exact) mass is 248 g/mol. The second-order valence-corrected chi connectivity index (χ2v) is 5.37. The first-order valence-corrected chi connectivity index (χ1v) is 6.70. The van der Waals surface area contributed by atoms with Gasteiger partial charge in [0, 0.05) is 44.5 Å². The molecule has 0 saturated heterocycles. The van der Waals surface area contributed by atoms with Crippen LogP contribution in [0.3, 0.4) is 0 Å². The third-order valence-electron chi connectivity index (χ3n) is 3.27. The summed E-state index contributed by atoms with van der Waals surface area (Å²) in [6, 6.07) is 4.93. The van der Waals surface area contributed by atoms with Crippen LogP contribution in [0.4, 0.5) is 5.82 Å². The zero-order chi connectivity index (χ0) is 13.0. The van der Waals surface area contributed by atoms with Gasteiger partial charge in [0.2, 0.25) is 0 Å². The standard InChI is InChI=1S/C14H24N4/c1-17(2)9-10-18(3)14-12(5-4-8-15-14)11-16-13-6-7-13/h4-5,8,13,16H,6-7,9-11H2,1-3H3. The molecule has 0 amide bonds. The summed E-state index contributed by atoms with van der Waals surface area (Å²) in [6.07, 6.45) is 4.53. The number of hydrogen-bond donors (Lipinski definition) is 1. The van der Waals surface area contributed by atoms with Crippen molar-refractivity contribution in [3.63, 3.8) is 0 Å². The van der Waals surface area contributed by atoms with Crippen molar-refractivity contribution in [3.8, 4) is 0 Å². The molecule has 1 heterocycles. The number of nitrogens with zero attached hydrogens (tertiary/aromatic N) is 3. The Bertz CT molecular complexity index is 374. The van der Waals surface area contributed by atoms with Gasteiger partial charge < -0.3 is 15.1 Å². The highest BCUT2D eigenvalue weighted by Crippen LogP contribution is 2.21. The SMILES string of the molecule is CN(C)CCN(C)c1ncccc1CNC1CC1. The van der Waals surface area contributed by atoms with Crippen molar-refractivity contribution in [2.24, 2.45) is 0 Å². The first kappa shape index (κ1) is 13.3. The van der Waals surface area contributed by atoms with E-state index in [1.165, 1.54) is 18.4 Å². The van der Waals surface area contributed by atoms with Crippen LogP contribution in [0.25, 0.3) is 0 Å². The number of anilines is 1. The molecule has 100 valence electrons. The van der Waals surface area contributed by atoms with Crippen molar-refractivity contribution >= 4 is 5.82 Å². The minimum atomic E-state index is 0.741. The van der Waals surface area contributed by atoms with E-state index in [9.17, 15) is 0 Å². The van der Waals surface area contributed by atoms with Gasteiger partial charge in [-0.3, -0.25) is 0 Å². The molecule has 0 aliphatic heterocycles. The first-order valence-electron chi connectivity index (χ1n) is 6.70. The van der Waals surface area contributed by atoms with Crippen LogP contribution in [0.2, 0.25) is 0 Å². The molecule has 1 aromatic rings. The van der Waals surface area contributed by atoms with Crippen LogP contribution in [0, 0.1) is 0 Å². The number of aromatic nitrogens is 1. The average Bonchev–Trinajstić information content (AvgIpc) is 3.18. The zero-order valence-corrected chi connectivity index (χ0v) is 11.7. The Labute approximate surface area is 110 Å². The predicted octanol–water partition coefficient (Wildman–Crippen LogP) is 1.33. The molecule has 18 heavy (non-hydrogen) atoms. The maximum Gasteiger partial charge on any atom is 0.132 e. The number of pyridine rings is 1. The summed E-state index contributed by atoms with van der Waals surface area (Å²) >= 11 is 0. The van der Waals surface area contributed by atoms with E-state index in [2.05, 4.69) is 47.3 Å². The second kappa shape index (κ2) is 6.16. The summed E-state index contributed by atoms with van der Waals surface area (Å²) in [5, 5.41) is 3.56. The van der Waals surface area contributed by atoms with Crippen LogP contribution < -0.4 is 10.2 Å². The topological polar surface area (TPSA) is 31.4 Å². The van der Waals surface area contributed by atoms with Crippen LogP contribution in [-0.2, 0) is 6.54 Å². The maximum atomic E-state index is 4.52. The van der Waals surface area contributed by atoms with Crippen LogP contribution in [-0.4, -0.2) is 50.2 Å². The lowest BCUT2D eigenvalue weighted by Crippen LogP contribution is -2.30. The van der Waals surface area contributed by atoms with Gasteiger partial charge >= 0.3 is 0 Å². The third-order valence-corrected chi connectivity index (χ3v) is 3.27. The summed E-state index contributed by atoms with van der Waals surface area (Å²) in [7, 11) is 6.32. The lowest BCUT2D eigenvalue weighted by atomic mass is 10.2. The molecule has 4 heteroatoms. The van der Waals surface area contributed by atoms with Crippen LogP contribution in [0.5, 0.6) is 0 Å². The Kier molecular flexibility index (Phi) is 4.55. The van der Waals surface area contributed by atoms with E-state index >= 15 is 0 Å². The highest BCUT2D eigenvalue weighted by atomic mass is 15.2. The molecule has 0 bridgehead atoms. The lowest BCUT2D eigenvalue weighted by Gasteiger charge is -2.23. The van der Waals surface area contributed by atoms with Gasteiger partial charge in [0.15, 0.2) is 0 Å². The molecule has 0 aromatic carbocycles. The van der Waals surface area contributed by atoms with Crippen molar-refractivity contribution in [1.82, 2.24) is 15.2 Å². The Morgan fingerprint density at radius 2 is 2.06 bits per heavy atom. The smallest absolute Gasteiger partial charge is 0.132 e. The van der Waals surface area contributed by atoms with E-state index in [0.717, 1.165) is 31.5 Å². The molecule has 1 aromatic heterocycles. The van der Waals surface area contributed by atoms with E-state index in [1.54, 1.807) is 0 Å². The van der Waals surface area contributed by atoms with Crippen molar-refractivity contribution in [2.75, 3.05) is 39.1 Å². The molecule has 1 fully saturated rings. The van der Waals surface area contributed by atoms with Crippen molar-refractivity contribution in [1.29, 1.82) is 0 Å². The van der Waals surface area contributed by atoms with Gasteiger partial charge in [-0.25, -0.2) is 4.98 Å². The largest absolute Gasteiger partial charge is 0.358 e. The van der Waals surface area contributed by atoms with E-state index in [1.807, 2.05) is 12.3 Å². The highest BCUT2D eigenvalue weighted by Gasteiger charge is 2.20. The summed E-state index contributed by atoms with van der Waals surface area (Å²) < 4.78 is 0. The van der Waals surface area contributed by atoms with Gasteiger partial charge in [-0.05, 0) is 33.0 Å². The van der Waals surface area contributed by atoms with Crippen molar-refractivity contribution in [2.45, 2.75) is 25.4 Å². The number of rotatable bonds is 7. The van der Waals surface area contributed by atoms with Gasteiger partial charge in [0.25, 0.3) is 0 Å². The molecule has 1 saturated carbocycles. The second-order valence-electron chi connectivity index (χ2n) is 5.37. The minimum absolute atomic E-state index is 0.741. The number of nitrogens with one attached hydrogen (secondary N) is 1. The Hall–Kier alpha value is -1.13. The molecule has 1 aliphatic carbocycles. The number of likely N-dealkylation sites (N-methyl/N-ethyl adjacent to an activating group) is 2. The molecule has 2 rings (SSSR count). The van der Waals surface area contributed by atoms with Crippen molar-refractivity contribution in [3.05, 3.63) is 23.9 Å². The van der Waals surface area contributed by atoms with Crippen LogP contribution in [0.1, 0.15) is 18.4 Å². The normalized spacial score (nSPS) is 15.1.